The van der Waals surface area contributed by atoms with Crippen molar-refractivity contribution in [1.29, 1.82) is 0 Å². The Hall–Kier alpha value is -0.470. The van der Waals surface area contributed by atoms with Crippen LogP contribution in [-0.2, 0) is 19.6 Å². The summed E-state index contributed by atoms with van der Waals surface area (Å²) in [7, 11) is -2.05. The van der Waals surface area contributed by atoms with Crippen molar-refractivity contribution in [3.8, 4) is 0 Å². The van der Waals surface area contributed by atoms with Gasteiger partial charge in [0.2, 0.25) is 0 Å². The fourth-order valence-corrected chi connectivity index (χ4v) is 3.55. The van der Waals surface area contributed by atoms with Crippen LogP contribution in [0.15, 0.2) is 11.0 Å². The summed E-state index contributed by atoms with van der Waals surface area (Å²) in [5.74, 6) is 0. The second-order valence-electron chi connectivity index (χ2n) is 3.21. The van der Waals surface area contributed by atoms with Crippen molar-refractivity contribution in [3.63, 3.8) is 0 Å². The van der Waals surface area contributed by atoms with Gasteiger partial charge in [-0.2, -0.15) is 0 Å². The largest absolute Gasteiger partial charge is 0.382 e. The van der Waals surface area contributed by atoms with Gasteiger partial charge >= 0.3 is 0 Å². The van der Waals surface area contributed by atoms with Crippen LogP contribution in [0.5, 0.6) is 0 Å². The van der Waals surface area contributed by atoms with Crippen LogP contribution in [0.1, 0.15) is 9.75 Å². The lowest BCUT2D eigenvalue weighted by Gasteiger charge is -2.05. The molecule has 0 spiro atoms. The Morgan fingerprint density at radius 3 is 2.56 bits per heavy atom. The van der Waals surface area contributed by atoms with Gasteiger partial charge in [0.05, 0.1) is 18.1 Å². The third-order valence-corrected chi connectivity index (χ3v) is 4.28. The van der Waals surface area contributed by atoms with Crippen LogP contribution < -0.4 is 4.89 Å². The van der Waals surface area contributed by atoms with Gasteiger partial charge in [0.15, 0.2) is 0 Å². The lowest BCUT2D eigenvalue weighted by atomic mass is 10.4. The van der Waals surface area contributed by atoms with Crippen LogP contribution in [0, 0.1) is 13.8 Å². The summed E-state index contributed by atoms with van der Waals surface area (Å²) in [5, 5.41) is 0. The molecule has 0 amide bonds. The minimum absolute atomic E-state index is 0.178. The van der Waals surface area contributed by atoms with Crippen molar-refractivity contribution >= 4 is 21.4 Å². The van der Waals surface area contributed by atoms with Gasteiger partial charge in [0, 0.05) is 16.9 Å². The van der Waals surface area contributed by atoms with Gasteiger partial charge in [-0.05, 0) is 19.9 Å². The van der Waals surface area contributed by atoms with Crippen molar-refractivity contribution in [2.45, 2.75) is 18.7 Å². The van der Waals surface area contributed by atoms with E-state index in [0.29, 0.717) is 6.61 Å². The molecule has 1 aromatic heterocycles. The van der Waals surface area contributed by atoms with Gasteiger partial charge in [0.1, 0.15) is 0 Å². The van der Waals surface area contributed by atoms with Crippen molar-refractivity contribution in [2.24, 2.45) is 0 Å². The Balaban J connectivity index is 2.67. The van der Waals surface area contributed by atoms with E-state index in [-0.39, 0.29) is 11.5 Å². The molecule has 0 saturated heterocycles. The summed E-state index contributed by atoms with van der Waals surface area (Å²) in [6.07, 6.45) is 0. The Morgan fingerprint density at radius 1 is 1.38 bits per heavy atom. The summed E-state index contributed by atoms with van der Waals surface area (Å²) in [6.45, 7) is 4.14. The molecule has 16 heavy (non-hydrogen) atoms. The van der Waals surface area contributed by atoms with Crippen molar-refractivity contribution in [2.75, 3.05) is 20.3 Å². The van der Waals surface area contributed by atoms with E-state index >= 15 is 0 Å². The first-order valence-electron chi connectivity index (χ1n) is 4.67. The van der Waals surface area contributed by atoms with Crippen molar-refractivity contribution in [1.82, 2.24) is 4.89 Å². The minimum atomic E-state index is -3.57. The average Bonchev–Trinajstić information content (AvgIpc) is 2.53. The van der Waals surface area contributed by atoms with E-state index in [1.165, 1.54) is 18.4 Å². The first-order valence-corrected chi connectivity index (χ1v) is 6.97. The minimum Gasteiger partial charge on any atom is -0.382 e. The lowest BCUT2D eigenvalue weighted by Crippen LogP contribution is -2.25. The predicted molar refractivity (Wildman–Crippen MR) is 61.9 cm³/mol. The van der Waals surface area contributed by atoms with E-state index in [2.05, 4.69) is 4.89 Å². The molecule has 5 nitrogen and oxygen atoms in total. The van der Waals surface area contributed by atoms with E-state index in [0.717, 1.165) is 9.75 Å². The molecule has 0 aromatic carbocycles. The quantitative estimate of drug-likeness (QED) is 0.620. The highest BCUT2D eigenvalue weighted by atomic mass is 32.2. The molecular weight excluding hydrogens is 250 g/mol. The standard InChI is InChI=1S/C9H15NO4S2/c1-7-6-9(8(2)15-7)16(11,12)10-14-5-4-13-3/h6,10H,4-5H2,1-3H3. The molecule has 0 fully saturated rings. The molecule has 0 unspecified atom stereocenters. The molecule has 0 aliphatic heterocycles. The molecule has 0 aliphatic carbocycles. The molecule has 0 atom stereocenters. The van der Waals surface area contributed by atoms with Gasteiger partial charge < -0.3 is 4.74 Å². The first-order chi connectivity index (χ1) is 7.47. The maximum Gasteiger partial charge on any atom is 0.263 e. The number of hydrogen-bond donors (Lipinski definition) is 1. The zero-order valence-corrected chi connectivity index (χ0v) is 11.1. The number of nitrogens with one attached hydrogen (secondary N) is 1. The monoisotopic (exact) mass is 265 g/mol. The van der Waals surface area contributed by atoms with E-state index in [1.54, 1.807) is 13.0 Å². The molecule has 0 aliphatic rings. The third kappa shape index (κ3) is 3.53. The van der Waals surface area contributed by atoms with Crippen LogP contribution in [-0.4, -0.2) is 28.7 Å². The smallest absolute Gasteiger partial charge is 0.263 e. The Morgan fingerprint density at radius 2 is 2.06 bits per heavy atom. The Kier molecular flexibility index (Phi) is 4.88. The summed E-state index contributed by atoms with van der Waals surface area (Å²) < 4.78 is 28.3. The summed E-state index contributed by atoms with van der Waals surface area (Å²) in [6, 6.07) is 1.63. The lowest BCUT2D eigenvalue weighted by molar-refractivity contribution is 0.0438. The van der Waals surface area contributed by atoms with Crippen molar-refractivity contribution in [3.05, 3.63) is 15.8 Å². The molecule has 1 aromatic rings. The highest BCUT2D eigenvalue weighted by Crippen LogP contribution is 2.24. The van der Waals surface area contributed by atoms with E-state index in [1.807, 2.05) is 6.92 Å². The molecule has 1 N–H and O–H groups in total. The fraction of sp³-hybridized carbons (Fsp3) is 0.556. The zero-order chi connectivity index (χ0) is 12.2. The number of thiophene rings is 1. The van der Waals surface area contributed by atoms with E-state index in [9.17, 15) is 8.42 Å². The van der Waals surface area contributed by atoms with Crippen LogP contribution in [0.25, 0.3) is 0 Å². The van der Waals surface area contributed by atoms with Crippen LogP contribution in [0.4, 0.5) is 0 Å². The second-order valence-corrected chi connectivity index (χ2v) is 6.28. The average molecular weight is 265 g/mol. The van der Waals surface area contributed by atoms with Gasteiger partial charge in [-0.1, -0.05) is 4.89 Å². The highest BCUT2D eigenvalue weighted by molar-refractivity contribution is 7.89. The molecule has 0 saturated carbocycles. The highest BCUT2D eigenvalue weighted by Gasteiger charge is 2.18. The predicted octanol–water partition coefficient (Wildman–Crippen LogP) is 1.22. The van der Waals surface area contributed by atoms with Gasteiger partial charge in [-0.25, -0.2) is 8.42 Å². The number of ether oxygens (including phenoxy) is 1. The Labute approximate surface area is 99.4 Å². The molecule has 0 bridgehead atoms. The molecule has 92 valence electrons. The first kappa shape index (κ1) is 13.6. The number of methoxy groups -OCH3 is 1. The maximum atomic E-state index is 11.8. The number of aryl methyl sites for hydroxylation is 2. The SMILES string of the molecule is COCCONS(=O)(=O)c1cc(C)sc1C. The number of hydrogen-bond acceptors (Lipinski definition) is 5. The second kappa shape index (κ2) is 5.74. The van der Waals surface area contributed by atoms with Gasteiger partial charge in [0.25, 0.3) is 10.0 Å². The molecule has 0 radical (unpaired) electrons. The van der Waals surface area contributed by atoms with E-state index < -0.39 is 10.0 Å². The fourth-order valence-electron chi connectivity index (χ4n) is 1.16. The molecule has 7 heteroatoms. The van der Waals surface area contributed by atoms with E-state index in [4.69, 9.17) is 9.57 Å². The zero-order valence-electron chi connectivity index (χ0n) is 9.44. The van der Waals surface area contributed by atoms with Crippen LogP contribution >= 0.6 is 11.3 Å². The Bertz CT molecular complexity index is 438. The third-order valence-electron chi connectivity index (χ3n) is 1.84. The van der Waals surface area contributed by atoms with Gasteiger partial charge in [-0.15, -0.1) is 11.3 Å². The van der Waals surface area contributed by atoms with Crippen molar-refractivity contribution < 1.29 is 18.0 Å². The summed E-state index contributed by atoms with van der Waals surface area (Å²) in [5.41, 5.74) is 0. The maximum absolute atomic E-state index is 11.8. The number of sulfonamides is 1. The van der Waals surface area contributed by atoms with Gasteiger partial charge in [-0.3, -0.25) is 4.84 Å². The number of rotatable bonds is 6. The topological polar surface area (TPSA) is 64.6 Å². The molecule has 1 heterocycles. The molecular formula is C9H15NO4S2. The summed E-state index contributed by atoms with van der Waals surface area (Å²) >= 11 is 1.44. The molecule has 1 rings (SSSR count). The normalized spacial score (nSPS) is 11.9. The van der Waals surface area contributed by atoms with Crippen LogP contribution in [0.2, 0.25) is 0 Å². The summed E-state index contributed by atoms with van der Waals surface area (Å²) in [4.78, 5) is 8.84. The van der Waals surface area contributed by atoms with Crippen LogP contribution in [0.3, 0.4) is 0 Å².